The van der Waals surface area contributed by atoms with Crippen molar-refractivity contribution in [1.29, 1.82) is 0 Å². The van der Waals surface area contributed by atoms with Crippen LogP contribution in [0.1, 0.15) is 33.9 Å². The molecule has 0 aromatic heterocycles. The molecule has 0 bridgehead atoms. The van der Waals surface area contributed by atoms with E-state index in [0.717, 1.165) is 16.8 Å². The molecule has 1 atom stereocenters. The number of carbonyl (C=O) groups excluding carboxylic acids is 1. The molecule has 0 unspecified atom stereocenters. The predicted octanol–water partition coefficient (Wildman–Crippen LogP) is 5.56. The van der Waals surface area contributed by atoms with E-state index in [4.69, 9.17) is 0 Å². The fourth-order valence-electron chi connectivity index (χ4n) is 2.81. The number of nitrogens with one attached hydrogen (secondary N) is 1. The van der Waals surface area contributed by atoms with Gasteiger partial charge in [-0.05, 0) is 42.3 Å². The molecule has 0 amide bonds. The third-order valence-corrected chi connectivity index (χ3v) is 4.12. The van der Waals surface area contributed by atoms with E-state index in [1.54, 1.807) is 12.1 Å². The largest absolute Gasteiger partial charge is 0.378 e. The van der Waals surface area contributed by atoms with Gasteiger partial charge in [-0.15, -0.1) is 0 Å². The Morgan fingerprint density at radius 3 is 2.36 bits per heavy atom. The lowest BCUT2D eigenvalue weighted by Gasteiger charge is -2.20. The van der Waals surface area contributed by atoms with Gasteiger partial charge in [0.1, 0.15) is 5.82 Å². The van der Waals surface area contributed by atoms with Crippen LogP contribution in [-0.2, 0) is 0 Å². The molecule has 0 aliphatic heterocycles. The molecular weight excluding hydrogens is 313 g/mol. The summed E-state index contributed by atoms with van der Waals surface area (Å²) in [5.41, 5.74) is 3.64. The van der Waals surface area contributed by atoms with Crippen LogP contribution in [0.2, 0.25) is 0 Å². The van der Waals surface area contributed by atoms with Crippen molar-refractivity contribution in [2.75, 3.05) is 5.32 Å². The molecule has 0 saturated heterocycles. The van der Waals surface area contributed by atoms with Crippen molar-refractivity contribution in [2.24, 2.45) is 0 Å². The van der Waals surface area contributed by atoms with Gasteiger partial charge in [0.15, 0.2) is 5.78 Å². The highest BCUT2D eigenvalue weighted by molar-refractivity contribution is 5.96. The van der Waals surface area contributed by atoms with E-state index in [1.807, 2.05) is 61.5 Å². The summed E-state index contributed by atoms with van der Waals surface area (Å²) in [5.74, 6) is -0.234. The Bertz CT molecular complexity index is 843. The highest BCUT2D eigenvalue weighted by Gasteiger charge is 2.17. The van der Waals surface area contributed by atoms with Crippen molar-refractivity contribution in [2.45, 2.75) is 19.4 Å². The SMILES string of the molecule is Cc1cccc(N[C@@H](CC(=O)c2ccccc2)c2ccc(F)cc2)c1. The smallest absolute Gasteiger partial charge is 0.165 e. The zero-order valence-corrected chi connectivity index (χ0v) is 14.1. The monoisotopic (exact) mass is 333 g/mol. The first-order valence-corrected chi connectivity index (χ1v) is 8.29. The van der Waals surface area contributed by atoms with Crippen molar-refractivity contribution in [3.8, 4) is 0 Å². The van der Waals surface area contributed by atoms with Crippen LogP contribution >= 0.6 is 0 Å². The van der Waals surface area contributed by atoms with Crippen LogP contribution in [0.3, 0.4) is 0 Å². The quantitative estimate of drug-likeness (QED) is 0.598. The number of halogens is 1. The molecule has 0 saturated carbocycles. The van der Waals surface area contributed by atoms with Gasteiger partial charge in [0.2, 0.25) is 0 Å². The molecule has 3 aromatic carbocycles. The van der Waals surface area contributed by atoms with Crippen LogP contribution < -0.4 is 5.32 Å². The molecule has 0 spiro atoms. The number of hydrogen-bond acceptors (Lipinski definition) is 2. The van der Waals surface area contributed by atoms with Gasteiger partial charge in [0, 0.05) is 17.7 Å². The molecule has 0 fully saturated rings. The Balaban J connectivity index is 1.86. The van der Waals surface area contributed by atoms with Gasteiger partial charge in [-0.3, -0.25) is 4.79 Å². The number of carbonyl (C=O) groups is 1. The number of hydrogen-bond donors (Lipinski definition) is 1. The van der Waals surface area contributed by atoms with E-state index >= 15 is 0 Å². The standard InChI is InChI=1S/C22H20FNO/c1-16-6-5-9-20(14-16)24-21(17-10-12-19(23)13-11-17)15-22(25)18-7-3-2-4-8-18/h2-14,21,24H,15H2,1H3/t21-/m0/s1. The molecular formula is C22H20FNO. The van der Waals surface area contributed by atoms with E-state index in [1.165, 1.54) is 12.1 Å². The molecule has 2 nitrogen and oxygen atoms in total. The van der Waals surface area contributed by atoms with E-state index in [-0.39, 0.29) is 17.6 Å². The molecule has 0 aliphatic carbocycles. The first kappa shape index (κ1) is 16.9. The second kappa shape index (κ2) is 7.75. The number of Topliss-reactive ketones (excluding diaryl/α,β-unsaturated/α-hetero) is 1. The van der Waals surface area contributed by atoms with Gasteiger partial charge >= 0.3 is 0 Å². The lowest BCUT2D eigenvalue weighted by atomic mass is 9.97. The second-order valence-corrected chi connectivity index (χ2v) is 6.11. The Hall–Kier alpha value is -2.94. The minimum absolute atomic E-state index is 0.0510. The fourth-order valence-corrected chi connectivity index (χ4v) is 2.81. The molecule has 25 heavy (non-hydrogen) atoms. The van der Waals surface area contributed by atoms with Gasteiger partial charge in [0.05, 0.1) is 6.04 Å². The number of rotatable bonds is 6. The number of ketones is 1. The maximum atomic E-state index is 13.3. The normalized spacial score (nSPS) is 11.8. The summed E-state index contributed by atoms with van der Waals surface area (Å²) >= 11 is 0. The van der Waals surface area contributed by atoms with Crippen LogP contribution in [0.5, 0.6) is 0 Å². The molecule has 1 N–H and O–H groups in total. The third-order valence-electron chi connectivity index (χ3n) is 4.12. The van der Waals surface area contributed by atoms with Crippen molar-refractivity contribution in [1.82, 2.24) is 0 Å². The number of anilines is 1. The highest BCUT2D eigenvalue weighted by atomic mass is 19.1. The maximum Gasteiger partial charge on any atom is 0.165 e. The molecule has 0 heterocycles. The van der Waals surface area contributed by atoms with E-state index < -0.39 is 0 Å². The first-order chi connectivity index (χ1) is 12.1. The van der Waals surface area contributed by atoms with Crippen LogP contribution in [-0.4, -0.2) is 5.78 Å². The molecule has 3 rings (SSSR count). The topological polar surface area (TPSA) is 29.1 Å². The summed E-state index contributed by atoms with van der Waals surface area (Å²) in [7, 11) is 0. The van der Waals surface area contributed by atoms with Crippen molar-refractivity contribution >= 4 is 11.5 Å². The van der Waals surface area contributed by atoms with Crippen LogP contribution in [0, 0.1) is 12.7 Å². The van der Waals surface area contributed by atoms with Crippen LogP contribution in [0.15, 0.2) is 78.9 Å². The van der Waals surface area contributed by atoms with Gasteiger partial charge in [-0.1, -0.05) is 54.6 Å². The van der Waals surface area contributed by atoms with Gasteiger partial charge < -0.3 is 5.32 Å². The second-order valence-electron chi connectivity index (χ2n) is 6.11. The van der Waals surface area contributed by atoms with Crippen molar-refractivity contribution < 1.29 is 9.18 Å². The minimum Gasteiger partial charge on any atom is -0.378 e. The summed E-state index contributed by atoms with van der Waals surface area (Å²) in [6.45, 7) is 2.02. The van der Waals surface area contributed by atoms with E-state index in [0.29, 0.717) is 12.0 Å². The lowest BCUT2D eigenvalue weighted by molar-refractivity contribution is 0.0976. The third kappa shape index (κ3) is 4.54. The van der Waals surface area contributed by atoms with Gasteiger partial charge in [-0.2, -0.15) is 0 Å². The maximum absolute atomic E-state index is 13.3. The Morgan fingerprint density at radius 2 is 1.68 bits per heavy atom. The average molecular weight is 333 g/mol. The fraction of sp³-hybridized carbons (Fsp3) is 0.136. The zero-order chi connectivity index (χ0) is 17.6. The first-order valence-electron chi connectivity index (χ1n) is 8.29. The molecule has 126 valence electrons. The highest BCUT2D eigenvalue weighted by Crippen LogP contribution is 2.25. The summed E-state index contributed by atoms with van der Waals surface area (Å²) in [6, 6.07) is 23.3. The average Bonchev–Trinajstić information content (AvgIpc) is 2.62. The van der Waals surface area contributed by atoms with E-state index in [2.05, 4.69) is 5.32 Å². The molecule has 3 heteroatoms. The Morgan fingerprint density at radius 1 is 0.960 bits per heavy atom. The Kier molecular flexibility index (Phi) is 5.24. The summed E-state index contributed by atoms with van der Waals surface area (Å²) < 4.78 is 13.3. The minimum atomic E-state index is -0.285. The van der Waals surface area contributed by atoms with E-state index in [9.17, 15) is 9.18 Å². The number of benzene rings is 3. The number of aryl methyl sites for hydroxylation is 1. The van der Waals surface area contributed by atoms with Crippen molar-refractivity contribution in [3.05, 3.63) is 101 Å². The van der Waals surface area contributed by atoms with Crippen LogP contribution in [0.4, 0.5) is 10.1 Å². The molecule has 0 aliphatic rings. The van der Waals surface area contributed by atoms with Crippen LogP contribution in [0.25, 0.3) is 0 Å². The summed E-state index contributed by atoms with van der Waals surface area (Å²) in [5, 5.41) is 3.41. The lowest BCUT2D eigenvalue weighted by Crippen LogP contribution is -2.16. The molecule has 3 aromatic rings. The summed E-state index contributed by atoms with van der Waals surface area (Å²) in [4.78, 5) is 12.6. The summed E-state index contributed by atoms with van der Waals surface area (Å²) in [6.07, 6.45) is 0.295. The van der Waals surface area contributed by atoms with Gasteiger partial charge in [0.25, 0.3) is 0 Å². The van der Waals surface area contributed by atoms with Gasteiger partial charge in [-0.25, -0.2) is 4.39 Å². The Labute approximate surface area is 147 Å². The zero-order valence-electron chi connectivity index (χ0n) is 14.1. The predicted molar refractivity (Wildman–Crippen MR) is 99.3 cm³/mol. The van der Waals surface area contributed by atoms with Crippen molar-refractivity contribution in [3.63, 3.8) is 0 Å². The molecule has 0 radical (unpaired) electrons.